The summed E-state index contributed by atoms with van der Waals surface area (Å²) in [6.45, 7) is 5.62. The Kier molecular flexibility index (Phi) is 2.67. The molecule has 1 fully saturated rings. The summed E-state index contributed by atoms with van der Waals surface area (Å²) in [5, 5.41) is 4.98. The van der Waals surface area contributed by atoms with E-state index in [0.717, 1.165) is 13.0 Å². The van der Waals surface area contributed by atoms with Gasteiger partial charge in [-0.25, -0.2) is 0 Å². The molecule has 0 saturated carbocycles. The summed E-state index contributed by atoms with van der Waals surface area (Å²) in [5.41, 5.74) is 5.60. The molecule has 1 aromatic heterocycles. The van der Waals surface area contributed by atoms with Crippen molar-refractivity contribution in [1.82, 2.24) is 10.3 Å². The molecule has 90 valence electrons. The summed E-state index contributed by atoms with van der Waals surface area (Å²) in [6.07, 6.45) is 3.64. The van der Waals surface area contributed by atoms with Crippen molar-refractivity contribution in [3.8, 4) is 0 Å². The third-order valence-electron chi connectivity index (χ3n) is 4.01. The largest absolute Gasteiger partial charge is 0.357 e. The summed E-state index contributed by atoms with van der Waals surface area (Å²) < 4.78 is 0. The number of hydrogen-bond acceptors (Lipinski definition) is 1. The van der Waals surface area contributed by atoms with Crippen LogP contribution in [0.5, 0.6) is 0 Å². The normalized spacial score (nSPS) is 20.2. The van der Waals surface area contributed by atoms with E-state index in [4.69, 9.17) is 0 Å². The maximum atomic E-state index is 3.66. The highest BCUT2D eigenvalue weighted by Crippen LogP contribution is 2.31. The third kappa shape index (κ3) is 1.67. The second-order valence-electron chi connectivity index (χ2n) is 5.01. The van der Waals surface area contributed by atoms with Gasteiger partial charge < -0.3 is 10.3 Å². The second-order valence-corrected chi connectivity index (χ2v) is 5.01. The number of para-hydroxylation sites is 1. The lowest BCUT2D eigenvalue weighted by molar-refractivity contribution is 0.629. The highest BCUT2D eigenvalue weighted by molar-refractivity contribution is 5.87. The van der Waals surface area contributed by atoms with Crippen LogP contribution in [0.15, 0.2) is 18.2 Å². The van der Waals surface area contributed by atoms with Crippen LogP contribution in [0.2, 0.25) is 0 Å². The van der Waals surface area contributed by atoms with Gasteiger partial charge in [0, 0.05) is 22.6 Å². The van der Waals surface area contributed by atoms with E-state index < -0.39 is 0 Å². The number of aryl methyl sites for hydroxylation is 2. The van der Waals surface area contributed by atoms with Crippen molar-refractivity contribution in [1.29, 1.82) is 0 Å². The third-order valence-corrected chi connectivity index (χ3v) is 4.01. The van der Waals surface area contributed by atoms with Crippen LogP contribution in [0, 0.1) is 6.92 Å². The predicted molar refractivity (Wildman–Crippen MR) is 72.4 cm³/mol. The number of fused-ring (bicyclic) bond motifs is 1. The first-order chi connectivity index (χ1) is 8.31. The molecule has 0 spiro atoms. The zero-order valence-corrected chi connectivity index (χ0v) is 10.6. The Bertz CT molecular complexity index is 533. The molecule has 1 atom stereocenters. The average molecular weight is 228 g/mol. The SMILES string of the molecule is CCc1cccc2c(C)c(C3CCCN3)[nH]c12. The van der Waals surface area contributed by atoms with Gasteiger partial charge >= 0.3 is 0 Å². The summed E-state index contributed by atoms with van der Waals surface area (Å²) in [7, 11) is 0. The van der Waals surface area contributed by atoms with Gasteiger partial charge in [0.1, 0.15) is 0 Å². The first kappa shape index (κ1) is 10.8. The number of H-pyrrole nitrogens is 1. The van der Waals surface area contributed by atoms with Gasteiger partial charge in [0.25, 0.3) is 0 Å². The molecule has 1 aromatic carbocycles. The molecule has 1 unspecified atom stereocenters. The van der Waals surface area contributed by atoms with Gasteiger partial charge in [-0.1, -0.05) is 25.1 Å². The topological polar surface area (TPSA) is 27.8 Å². The number of nitrogens with one attached hydrogen (secondary N) is 2. The number of benzene rings is 1. The molecule has 17 heavy (non-hydrogen) atoms. The molecular formula is C15H20N2. The van der Waals surface area contributed by atoms with E-state index in [1.165, 1.54) is 40.6 Å². The van der Waals surface area contributed by atoms with Gasteiger partial charge in [-0.3, -0.25) is 0 Å². The molecule has 1 aliphatic heterocycles. The van der Waals surface area contributed by atoms with Crippen LogP contribution in [0.4, 0.5) is 0 Å². The van der Waals surface area contributed by atoms with E-state index in [2.05, 4.69) is 42.3 Å². The Morgan fingerprint density at radius 1 is 1.35 bits per heavy atom. The molecule has 2 N–H and O–H groups in total. The van der Waals surface area contributed by atoms with Crippen LogP contribution in [-0.4, -0.2) is 11.5 Å². The number of rotatable bonds is 2. The summed E-state index contributed by atoms with van der Waals surface area (Å²) >= 11 is 0. The summed E-state index contributed by atoms with van der Waals surface area (Å²) in [5.74, 6) is 0. The fourth-order valence-corrected chi connectivity index (χ4v) is 3.01. The lowest BCUT2D eigenvalue weighted by Gasteiger charge is -2.09. The van der Waals surface area contributed by atoms with Gasteiger partial charge in [0.05, 0.1) is 0 Å². The van der Waals surface area contributed by atoms with Crippen molar-refractivity contribution in [3.63, 3.8) is 0 Å². The molecule has 0 aliphatic carbocycles. The first-order valence-electron chi connectivity index (χ1n) is 6.64. The average Bonchev–Trinajstić information content (AvgIpc) is 2.97. The minimum absolute atomic E-state index is 0.534. The van der Waals surface area contributed by atoms with Gasteiger partial charge in [0.15, 0.2) is 0 Å². The van der Waals surface area contributed by atoms with Crippen LogP contribution in [0.1, 0.15) is 42.6 Å². The number of hydrogen-bond donors (Lipinski definition) is 2. The zero-order valence-electron chi connectivity index (χ0n) is 10.6. The van der Waals surface area contributed by atoms with E-state index in [1.807, 2.05) is 0 Å². The van der Waals surface area contributed by atoms with E-state index in [1.54, 1.807) is 0 Å². The van der Waals surface area contributed by atoms with Gasteiger partial charge in [-0.05, 0) is 43.9 Å². The lowest BCUT2D eigenvalue weighted by Crippen LogP contribution is -2.13. The fourth-order valence-electron chi connectivity index (χ4n) is 3.01. The van der Waals surface area contributed by atoms with Gasteiger partial charge in [-0.15, -0.1) is 0 Å². The lowest BCUT2D eigenvalue weighted by atomic mass is 10.0. The second kappa shape index (κ2) is 4.19. The van der Waals surface area contributed by atoms with Crippen LogP contribution in [0.25, 0.3) is 10.9 Å². The molecule has 2 heterocycles. The predicted octanol–water partition coefficient (Wildman–Crippen LogP) is 3.46. The molecule has 0 amide bonds. The molecule has 2 heteroatoms. The van der Waals surface area contributed by atoms with E-state index in [-0.39, 0.29) is 0 Å². The van der Waals surface area contributed by atoms with Crippen molar-refractivity contribution in [3.05, 3.63) is 35.0 Å². The molecular weight excluding hydrogens is 208 g/mol. The highest BCUT2D eigenvalue weighted by atomic mass is 15.0. The molecule has 2 nitrogen and oxygen atoms in total. The minimum Gasteiger partial charge on any atom is -0.357 e. The molecule has 3 rings (SSSR count). The maximum Gasteiger partial charge on any atom is 0.0491 e. The Morgan fingerprint density at radius 2 is 2.24 bits per heavy atom. The van der Waals surface area contributed by atoms with Crippen molar-refractivity contribution in [2.75, 3.05) is 6.54 Å². The van der Waals surface area contributed by atoms with Gasteiger partial charge in [-0.2, -0.15) is 0 Å². The smallest absolute Gasteiger partial charge is 0.0491 e. The first-order valence-corrected chi connectivity index (χ1v) is 6.64. The molecule has 0 radical (unpaired) electrons. The van der Waals surface area contributed by atoms with E-state index in [0.29, 0.717) is 6.04 Å². The van der Waals surface area contributed by atoms with Crippen LogP contribution in [0.3, 0.4) is 0 Å². The summed E-state index contributed by atoms with van der Waals surface area (Å²) in [6, 6.07) is 7.17. The number of aromatic nitrogens is 1. The van der Waals surface area contributed by atoms with E-state index >= 15 is 0 Å². The Morgan fingerprint density at radius 3 is 2.94 bits per heavy atom. The Hall–Kier alpha value is -1.28. The number of aromatic amines is 1. The van der Waals surface area contributed by atoms with Crippen LogP contribution < -0.4 is 5.32 Å². The Balaban J connectivity index is 2.16. The van der Waals surface area contributed by atoms with Gasteiger partial charge in [0.2, 0.25) is 0 Å². The van der Waals surface area contributed by atoms with Crippen molar-refractivity contribution in [2.45, 2.75) is 39.2 Å². The van der Waals surface area contributed by atoms with Crippen molar-refractivity contribution < 1.29 is 0 Å². The molecule has 1 aliphatic rings. The minimum atomic E-state index is 0.534. The Labute approximate surface area is 102 Å². The standard InChI is InChI=1S/C15H20N2/c1-3-11-6-4-7-12-10(2)14(17-15(11)12)13-8-5-9-16-13/h4,6-7,13,16-17H,3,5,8-9H2,1-2H3. The fraction of sp³-hybridized carbons (Fsp3) is 0.467. The molecule has 0 bridgehead atoms. The van der Waals surface area contributed by atoms with Crippen LogP contribution in [-0.2, 0) is 6.42 Å². The van der Waals surface area contributed by atoms with Crippen LogP contribution >= 0.6 is 0 Å². The quantitative estimate of drug-likeness (QED) is 0.809. The van der Waals surface area contributed by atoms with E-state index in [9.17, 15) is 0 Å². The molecule has 2 aromatic rings. The molecule has 1 saturated heterocycles. The zero-order chi connectivity index (χ0) is 11.8. The highest BCUT2D eigenvalue weighted by Gasteiger charge is 2.21. The summed E-state index contributed by atoms with van der Waals surface area (Å²) in [4.78, 5) is 3.66. The monoisotopic (exact) mass is 228 g/mol. The maximum absolute atomic E-state index is 3.66. The van der Waals surface area contributed by atoms with Crippen molar-refractivity contribution in [2.24, 2.45) is 0 Å². The van der Waals surface area contributed by atoms with Crippen molar-refractivity contribution >= 4 is 10.9 Å².